The monoisotopic (exact) mass is 255 g/mol. The van der Waals surface area contributed by atoms with Crippen LogP contribution in [0.15, 0.2) is 0 Å². The van der Waals surface area contributed by atoms with Crippen LogP contribution in [0.1, 0.15) is 46.0 Å². The van der Waals surface area contributed by atoms with Crippen molar-refractivity contribution in [1.82, 2.24) is 10.2 Å². The quantitative estimate of drug-likeness (QED) is 0.722. The van der Waals surface area contributed by atoms with Crippen molar-refractivity contribution in [2.24, 2.45) is 11.7 Å². The number of amides is 1. The fraction of sp³-hybridized carbons (Fsp3) is 0.929. The van der Waals surface area contributed by atoms with Gasteiger partial charge in [-0.1, -0.05) is 26.7 Å². The minimum Gasteiger partial charge on any atom is -0.368 e. The van der Waals surface area contributed by atoms with E-state index >= 15 is 0 Å². The van der Waals surface area contributed by atoms with Crippen molar-refractivity contribution < 1.29 is 4.79 Å². The van der Waals surface area contributed by atoms with Crippen LogP contribution in [0, 0.1) is 5.92 Å². The summed E-state index contributed by atoms with van der Waals surface area (Å²) in [7, 11) is 0. The van der Waals surface area contributed by atoms with Crippen LogP contribution in [-0.2, 0) is 4.79 Å². The summed E-state index contributed by atoms with van der Waals surface area (Å²) in [6.07, 6.45) is 6.49. The van der Waals surface area contributed by atoms with Crippen LogP contribution in [0.25, 0.3) is 0 Å². The van der Waals surface area contributed by atoms with E-state index in [1.807, 2.05) is 6.92 Å². The average Bonchev–Trinajstić information content (AvgIpc) is 2.55. The van der Waals surface area contributed by atoms with Gasteiger partial charge in [0.2, 0.25) is 5.91 Å². The van der Waals surface area contributed by atoms with Crippen LogP contribution in [0.3, 0.4) is 0 Å². The standard InChI is InChI=1S/C14H29N3O/c1-3-6-12-7-5-9-17(10-8-12)11-13(14(15)18)16-4-2/h12-13,16H,3-11H2,1-2H3,(H2,15,18). The van der Waals surface area contributed by atoms with Gasteiger partial charge in [0.25, 0.3) is 0 Å². The smallest absolute Gasteiger partial charge is 0.235 e. The lowest BCUT2D eigenvalue weighted by Crippen LogP contribution is -2.49. The number of rotatable bonds is 7. The number of nitrogens with two attached hydrogens (primary N) is 1. The van der Waals surface area contributed by atoms with E-state index < -0.39 is 0 Å². The molecule has 2 atom stereocenters. The Bertz CT molecular complexity index is 245. The molecular formula is C14H29N3O. The molecule has 0 aromatic heterocycles. The number of carbonyl (C=O) groups excluding carboxylic acids is 1. The molecule has 0 aromatic rings. The minimum atomic E-state index is -0.230. The Balaban J connectivity index is 2.39. The summed E-state index contributed by atoms with van der Waals surface area (Å²) in [6.45, 7) is 8.05. The number of likely N-dealkylation sites (N-methyl/N-ethyl adjacent to an activating group) is 1. The Morgan fingerprint density at radius 1 is 1.39 bits per heavy atom. The predicted octanol–water partition coefficient (Wildman–Crippen LogP) is 1.35. The number of hydrogen-bond acceptors (Lipinski definition) is 3. The molecule has 0 saturated carbocycles. The number of primary amides is 1. The Morgan fingerprint density at radius 3 is 2.78 bits per heavy atom. The summed E-state index contributed by atoms with van der Waals surface area (Å²) in [5.41, 5.74) is 5.43. The highest BCUT2D eigenvalue weighted by molar-refractivity contribution is 5.80. The third-order valence-electron chi connectivity index (χ3n) is 3.87. The van der Waals surface area contributed by atoms with Crippen LogP contribution in [0.4, 0.5) is 0 Å². The van der Waals surface area contributed by atoms with E-state index in [1.54, 1.807) is 0 Å². The van der Waals surface area contributed by atoms with Gasteiger partial charge in [0, 0.05) is 6.54 Å². The molecule has 106 valence electrons. The first kappa shape index (κ1) is 15.4. The van der Waals surface area contributed by atoms with Crippen LogP contribution >= 0.6 is 0 Å². The Labute approximate surface area is 111 Å². The second-order valence-electron chi connectivity index (χ2n) is 5.40. The SMILES string of the molecule is CCCC1CCCN(CC(NCC)C(N)=O)CC1. The molecule has 1 fully saturated rings. The Kier molecular flexibility index (Phi) is 7.28. The molecule has 0 spiro atoms. The van der Waals surface area contributed by atoms with Crippen molar-refractivity contribution >= 4 is 5.91 Å². The Hall–Kier alpha value is -0.610. The van der Waals surface area contributed by atoms with Crippen molar-refractivity contribution in [1.29, 1.82) is 0 Å². The number of likely N-dealkylation sites (tertiary alicyclic amines) is 1. The van der Waals surface area contributed by atoms with Gasteiger partial charge in [-0.2, -0.15) is 0 Å². The highest BCUT2D eigenvalue weighted by Crippen LogP contribution is 2.21. The number of carbonyl (C=O) groups is 1. The normalized spacial score (nSPS) is 23.6. The maximum Gasteiger partial charge on any atom is 0.235 e. The molecule has 1 aliphatic heterocycles. The molecule has 0 radical (unpaired) electrons. The summed E-state index contributed by atoms with van der Waals surface area (Å²) >= 11 is 0. The fourth-order valence-electron chi connectivity index (χ4n) is 2.86. The van der Waals surface area contributed by atoms with Crippen molar-refractivity contribution in [3.05, 3.63) is 0 Å². The van der Waals surface area contributed by atoms with E-state index in [0.717, 1.165) is 32.1 Å². The molecule has 0 aliphatic carbocycles. The third kappa shape index (κ3) is 5.36. The molecule has 1 rings (SSSR count). The van der Waals surface area contributed by atoms with Gasteiger partial charge in [-0.15, -0.1) is 0 Å². The van der Waals surface area contributed by atoms with Gasteiger partial charge in [-0.3, -0.25) is 4.79 Å². The zero-order chi connectivity index (χ0) is 13.4. The van der Waals surface area contributed by atoms with Gasteiger partial charge < -0.3 is 16.0 Å². The molecule has 2 unspecified atom stereocenters. The summed E-state index contributed by atoms with van der Waals surface area (Å²) < 4.78 is 0. The van der Waals surface area contributed by atoms with Gasteiger partial charge in [-0.05, 0) is 44.8 Å². The van der Waals surface area contributed by atoms with E-state index in [2.05, 4.69) is 17.1 Å². The first-order valence-corrected chi connectivity index (χ1v) is 7.42. The second-order valence-corrected chi connectivity index (χ2v) is 5.40. The second kappa shape index (κ2) is 8.48. The van der Waals surface area contributed by atoms with E-state index in [0.29, 0.717) is 0 Å². The molecule has 18 heavy (non-hydrogen) atoms. The lowest BCUT2D eigenvalue weighted by atomic mass is 9.96. The lowest BCUT2D eigenvalue weighted by molar-refractivity contribution is -0.120. The Morgan fingerprint density at radius 2 is 2.17 bits per heavy atom. The van der Waals surface area contributed by atoms with Crippen molar-refractivity contribution in [3.63, 3.8) is 0 Å². The minimum absolute atomic E-state index is 0.197. The predicted molar refractivity (Wildman–Crippen MR) is 75.3 cm³/mol. The highest BCUT2D eigenvalue weighted by atomic mass is 16.1. The fourth-order valence-corrected chi connectivity index (χ4v) is 2.86. The van der Waals surface area contributed by atoms with Gasteiger partial charge in [0.05, 0.1) is 6.04 Å². The van der Waals surface area contributed by atoms with Crippen LogP contribution in [0.2, 0.25) is 0 Å². The first-order chi connectivity index (χ1) is 8.67. The van der Waals surface area contributed by atoms with Gasteiger partial charge in [-0.25, -0.2) is 0 Å². The molecule has 1 heterocycles. The lowest BCUT2D eigenvalue weighted by Gasteiger charge is -2.25. The summed E-state index contributed by atoms with van der Waals surface area (Å²) in [5, 5.41) is 3.17. The molecule has 4 nitrogen and oxygen atoms in total. The number of hydrogen-bond donors (Lipinski definition) is 2. The summed E-state index contributed by atoms with van der Waals surface area (Å²) in [6, 6.07) is -0.197. The zero-order valence-electron chi connectivity index (χ0n) is 12.0. The topological polar surface area (TPSA) is 58.4 Å². The maximum absolute atomic E-state index is 11.3. The number of nitrogens with one attached hydrogen (secondary N) is 1. The van der Waals surface area contributed by atoms with Crippen molar-refractivity contribution in [3.8, 4) is 0 Å². The van der Waals surface area contributed by atoms with Crippen LogP contribution in [0.5, 0.6) is 0 Å². The third-order valence-corrected chi connectivity index (χ3v) is 3.87. The van der Waals surface area contributed by atoms with E-state index in [1.165, 1.54) is 32.1 Å². The van der Waals surface area contributed by atoms with Gasteiger partial charge >= 0.3 is 0 Å². The van der Waals surface area contributed by atoms with E-state index in [4.69, 9.17) is 5.73 Å². The van der Waals surface area contributed by atoms with Crippen molar-refractivity contribution in [2.45, 2.75) is 52.0 Å². The van der Waals surface area contributed by atoms with E-state index in [9.17, 15) is 4.79 Å². The van der Waals surface area contributed by atoms with Gasteiger partial charge in [0.15, 0.2) is 0 Å². The molecule has 0 aromatic carbocycles. The molecule has 0 bridgehead atoms. The maximum atomic E-state index is 11.3. The highest BCUT2D eigenvalue weighted by Gasteiger charge is 2.21. The molecule has 3 N–H and O–H groups in total. The van der Waals surface area contributed by atoms with Gasteiger partial charge in [0.1, 0.15) is 0 Å². The molecule has 1 saturated heterocycles. The largest absolute Gasteiger partial charge is 0.368 e. The van der Waals surface area contributed by atoms with Crippen molar-refractivity contribution in [2.75, 3.05) is 26.2 Å². The van der Waals surface area contributed by atoms with Crippen LogP contribution in [-0.4, -0.2) is 43.0 Å². The average molecular weight is 255 g/mol. The molecular weight excluding hydrogens is 226 g/mol. The van der Waals surface area contributed by atoms with Crippen LogP contribution < -0.4 is 11.1 Å². The molecule has 1 amide bonds. The summed E-state index contributed by atoms with van der Waals surface area (Å²) in [4.78, 5) is 13.7. The zero-order valence-corrected chi connectivity index (χ0v) is 12.0. The first-order valence-electron chi connectivity index (χ1n) is 7.42. The number of nitrogens with zero attached hydrogens (tertiary/aromatic N) is 1. The summed E-state index contributed by atoms with van der Waals surface area (Å²) in [5.74, 6) is 0.650. The molecule has 1 aliphatic rings. The van der Waals surface area contributed by atoms with E-state index in [-0.39, 0.29) is 11.9 Å². The molecule has 4 heteroatoms.